The Balaban J connectivity index is 1.64. The number of aryl methyl sites for hydroxylation is 2. The molecule has 4 rings (SSSR count). The van der Waals surface area contributed by atoms with Crippen LogP contribution in [0.25, 0.3) is 22.3 Å². The summed E-state index contributed by atoms with van der Waals surface area (Å²) in [5.41, 5.74) is 1.56. The van der Waals surface area contributed by atoms with Crippen LogP contribution in [-0.4, -0.2) is 30.1 Å². The fourth-order valence-electron chi connectivity index (χ4n) is 3.35. The summed E-state index contributed by atoms with van der Waals surface area (Å²) in [7, 11) is 0. The number of ether oxygens (including phenoxy) is 2. The first-order chi connectivity index (χ1) is 17.2. The third kappa shape index (κ3) is 5.38. The number of rotatable bonds is 7. The molecule has 0 fully saturated rings. The number of aromatic nitrogens is 1. The van der Waals surface area contributed by atoms with E-state index in [4.69, 9.17) is 37.1 Å². The summed E-state index contributed by atoms with van der Waals surface area (Å²) in [6, 6.07) is 9.83. The van der Waals surface area contributed by atoms with Crippen LogP contribution in [0.15, 0.2) is 45.6 Å². The smallest absolute Gasteiger partial charge is 0.350 e. The molecule has 0 aliphatic rings. The van der Waals surface area contributed by atoms with Crippen LogP contribution in [0.5, 0.6) is 5.75 Å². The maximum absolute atomic E-state index is 13.3. The monoisotopic (exact) mass is 546 g/mol. The number of nitrogens with zero attached hydrogens (tertiary/aromatic N) is 1. The molecule has 0 bridgehead atoms. The number of fused-ring (bicyclic) bond motifs is 1. The molecule has 36 heavy (non-hydrogen) atoms. The van der Waals surface area contributed by atoms with E-state index in [9.17, 15) is 14.4 Å². The lowest BCUT2D eigenvalue weighted by Crippen LogP contribution is -2.22. The van der Waals surface area contributed by atoms with Crippen LogP contribution in [0.2, 0.25) is 10.0 Å². The summed E-state index contributed by atoms with van der Waals surface area (Å²) >= 11 is 13.2. The number of thiazole rings is 1. The van der Waals surface area contributed by atoms with Crippen molar-refractivity contribution in [1.82, 2.24) is 4.98 Å². The molecule has 0 saturated carbocycles. The van der Waals surface area contributed by atoms with Crippen LogP contribution in [0.3, 0.4) is 0 Å². The lowest BCUT2D eigenvalue weighted by molar-refractivity contribution is -0.118. The van der Waals surface area contributed by atoms with E-state index in [0.29, 0.717) is 31.8 Å². The summed E-state index contributed by atoms with van der Waals surface area (Å²) in [6.07, 6.45) is 0. The first kappa shape index (κ1) is 25.7. The minimum Gasteiger partial charge on any atom is -0.476 e. The van der Waals surface area contributed by atoms with Crippen molar-refractivity contribution < 1.29 is 23.5 Å². The Hall–Kier alpha value is -3.40. The van der Waals surface area contributed by atoms with E-state index in [0.717, 1.165) is 16.9 Å². The number of nitrogens with one attached hydrogen (secondary N) is 1. The molecule has 2 aromatic carbocycles. The van der Waals surface area contributed by atoms with Crippen LogP contribution in [-0.2, 0) is 9.53 Å². The SMILES string of the molecule is CCOC(=O)c1sc(NC(=O)COc2c(-c3ccc(Cl)cc3)oc3cc(C)c(Cl)cc3c2=O)nc1C. The van der Waals surface area contributed by atoms with Crippen molar-refractivity contribution in [2.24, 2.45) is 0 Å². The molecule has 11 heteroatoms. The second-order valence-electron chi connectivity index (χ2n) is 7.68. The van der Waals surface area contributed by atoms with Crippen LogP contribution in [0, 0.1) is 13.8 Å². The standard InChI is InChI=1S/C25H20Cl2N2O6S/c1-4-33-24(32)23-13(3)28-25(36-23)29-19(30)11-34-22-20(31)16-10-17(27)12(2)9-18(16)35-21(22)14-5-7-15(26)8-6-14/h5-10H,4,11H2,1-3H3,(H,28,29,30). The van der Waals surface area contributed by atoms with Gasteiger partial charge in [0.25, 0.3) is 5.91 Å². The van der Waals surface area contributed by atoms with Gasteiger partial charge in [-0.15, -0.1) is 0 Å². The fraction of sp³-hybridized carbons (Fsp3) is 0.200. The van der Waals surface area contributed by atoms with Crippen LogP contribution >= 0.6 is 34.5 Å². The normalized spacial score (nSPS) is 10.9. The number of hydrogen-bond acceptors (Lipinski definition) is 8. The Bertz CT molecular complexity index is 1530. The number of esters is 1. The van der Waals surface area contributed by atoms with Gasteiger partial charge >= 0.3 is 5.97 Å². The van der Waals surface area contributed by atoms with E-state index < -0.39 is 23.9 Å². The minimum atomic E-state index is -0.581. The summed E-state index contributed by atoms with van der Waals surface area (Å²) in [5, 5.41) is 3.90. The molecule has 2 heterocycles. The van der Waals surface area contributed by atoms with Crippen LogP contribution in [0.4, 0.5) is 5.13 Å². The highest BCUT2D eigenvalue weighted by Crippen LogP contribution is 2.33. The molecule has 0 unspecified atom stereocenters. The number of halogens is 2. The summed E-state index contributed by atoms with van der Waals surface area (Å²) in [5.74, 6) is -1.10. The van der Waals surface area contributed by atoms with E-state index in [1.807, 2.05) is 0 Å². The van der Waals surface area contributed by atoms with Gasteiger partial charge in [-0.05, 0) is 62.7 Å². The molecule has 8 nitrogen and oxygen atoms in total. The highest BCUT2D eigenvalue weighted by Gasteiger charge is 2.21. The summed E-state index contributed by atoms with van der Waals surface area (Å²) < 4.78 is 16.7. The van der Waals surface area contributed by atoms with E-state index in [1.54, 1.807) is 51.1 Å². The van der Waals surface area contributed by atoms with Crippen molar-refractivity contribution in [3.05, 3.63) is 72.8 Å². The van der Waals surface area contributed by atoms with Crippen LogP contribution < -0.4 is 15.5 Å². The number of amides is 1. The van der Waals surface area contributed by atoms with Gasteiger partial charge in [-0.1, -0.05) is 34.5 Å². The van der Waals surface area contributed by atoms with Gasteiger partial charge in [0.05, 0.1) is 17.7 Å². The molecule has 0 spiro atoms. The average Bonchev–Trinajstić information content (AvgIpc) is 3.20. The maximum Gasteiger partial charge on any atom is 0.350 e. The maximum atomic E-state index is 13.3. The fourth-order valence-corrected chi connectivity index (χ4v) is 4.52. The molecule has 0 aliphatic heterocycles. The molecule has 4 aromatic rings. The number of benzene rings is 2. The lowest BCUT2D eigenvalue weighted by atomic mass is 10.1. The molecule has 1 N–H and O–H groups in total. The molecular formula is C25H20Cl2N2O6S. The zero-order valence-electron chi connectivity index (χ0n) is 19.4. The quantitative estimate of drug-likeness (QED) is 0.281. The van der Waals surface area contributed by atoms with Crippen molar-refractivity contribution in [3.8, 4) is 17.1 Å². The highest BCUT2D eigenvalue weighted by molar-refractivity contribution is 7.17. The molecule has 1 amide bonds. The van der Waals surface area contributed by atoms with Crippen molar-refractivity contribution in [3.63, 3.8) is 0 Å². The molecule has 0 saturated heterocycles. The number of carbonyl (C=O) groups is 2. The Morgan fingerprint density at radius 1 is 1.14 bits per heavy atom. The van der Waals surface area contributed by atoms with Gasteiger partial charge in [0.1, 0.15) is 10.5 Å². The topological polar surface area (TPSA) is 108 Å². The van der Waals surface area contributed by atoms with Crippen LogP contribution in [0.1, 0.15) is 27.9 Å². The highest BCUT2D eigenvalue weighted by atomic mass is 35.5. The predicted octanol–water partition coefficient (Wildman–Crippen LogP) is 6.03. The summed E-state index contributed by atoms with van der Waals surface area (Å²) in [4.78, 5) is 42.4. The zero-order valence-corrected chi connectivity index (χ0v) is 21.8. The average molecular weight is 547 g/mol. The van der Waals surface area contributed by atoms with Gasteiger partial charge in [0, 0.05) is 15.6 Å². The molecule has 186 valence electrons. The van der Waals surface area contributed by atoms with E-state index >= 15 is 0 Å². The lowest BCUT2D eigenvalue weighted by Gasteiger charge is -2.12. The summed E-state index contributed by atoms with van der Waals surface area (Å²) in [6.45, 7) is 4.85. The van der Waals surface area contributed by atoms with Gasteiger partial charge in [-0.3, -0.25) is 14.9 Å². The Kier molecular flexibility index (Phi) is 7.63. The Morgan fingerprint density at radius 3 is 2.56 bits per heavy atom. The Morgan fingerprint density at radius 2 is 1.86 bits per heavy atom. The number of anilines is 1. The van der Waals surface area contributed by atoms with Crippen molar-refractivity contribution >= 4 is 62.5 Å². The predicted molar refractivity (Wildman–Crippen MR) is 140 cm³/mol. The molecular weight excluding hydrogens is 527 g/mol. The largest absolute Gasteiger partial charge is 0.476 e. The first-order valence-electron chi connectivity index (χ1n) is 10.8. The van der Waals surface area contributed by atoms with Crippen molar-refractivity contribution in [1.29, 1.82) is 0 Å². The zero-order chi connectivity index (χ0) is 26.0. The molecule has 0 atom stereocenters. The van der Waals surface area contributed by atoms with Gasteiger partial charge in [0.15, 0.2) is 17.5 Å². The molecule has 0 radical (unpaired) electrons. The number of carbonyl (C=O) groups excluding carboxylic acids is 2. The van der Waals surface area contributed by atoms with Gasteiger partial charge < -0.3 is 13.9 Å². The number of hydrogen-bond donors (Lipinski definition) is 1. The van der Waals surface area contributed by atoms with E-state index in [1.165, 1.54) is 6.07 Å². The van der Waals surface area contributed by atoms with E-state index in [2.05, 4.69) is 10.3 Å². The van der Waals surface area contributed by atoms with Crippen molar-refractivity contribution in [2.45, 2.75) is 20.8 Å². The third-order valence-corrected chi connectivity index (χ3v) is 6.80. The van der Waals surface area contributed by atoms with Gasteiger partial charge in [0.2, 0.25) is 11.2 Å². The van der Waals surface area contributed by atoms with Gasteiger partial charge in [-0.2, -0.15) is 0 Å². The van der Waals surface area contributed by atoms with Crippen molar-refractivity contribution in [2.75, 3.05) is 18.5 Å². The minimum absolute atomic E-state index is 0.147. The molecule has 0 aliphatic carbocycles. The third-order valence-electron chi connectivity index (χ3n) is 5.09. The van der Waals surface area contributed by atoms with Gasteiger partial charge in [-0.25, -0.2) is 9.78 Å². The molecule has 2 aromatic heterocycles. The second kappa shape index (κ2) is 10.7. The second-order valence-corrected chi connectivity index (χ2v) is 9.53. The Labute approximate surface area is 219 Å². The first-order valence-corrected chi connectivity index (χ1v) is 12.3. The van der Waals surface area contributed by atoms with E-state index in [-0.39, 0.29) is 28.6 Å².